The molecule has 11 aromatic rings. The normalized spacial score (nSPS) is 22.8. The Morgan fingerprint density at radius 3 is 1.68 bits per heavy atom. The van der Waals surface area contributed by atoms with Gasteiger partial charge in [0, 0.05) is 38.7 Å². The zero-order valence-electron chi connectivity index (χ0n) is 44.6. The van der Waals surface area contributed by atoms with Crippen LogP contribution in [0.25, 0.3) is 66.4 Å². The summed E-state index contributed by atoms with van der Waals surface area (Å²) in [7, 11) is 0. The topological polar surface area (TPSA) is 16.4 Å². The van der Waals surface area contributed by atoms with Gasteiger partial charge in [-0.2, -0.15) is 0 Å². The molecule has 2 heteroatoms. The summed E-state index contributed by atoms with van der Waals surface area (Å²) in [4.78, 5) is 2.62. The van der Waals surface area contributed by atoms with Crippen LogP contribution < -0.4 is 4.90 Å². The van der Waals surface area contributed by atoms with E-state index in [0.717, 1.165) is 33.5 Å². The molecule has 3 fully saturated rings. The summed E-state index contributed by atoms with van der Waals surface area (Å²) in [6, 6.07) is 86.4. The van der Waals surface area contributed by atoms with E-state index < -0.39 is 5.41 Å². The summed E-state index contributed by atoms with van der Waals surface area (Å²) in [5, 5.41) is 2.31. The highest BCUT2D eigenvalue weighted by Gasteiger charge is 2.70. The molecule has 1 aromatic heterocycles. The van der Waals surface area contributed by atoms with Crippen molar-refractivity contribution in [3.8, 4) is 44.5 Å². The van der Waals surface area contributed by atoms with Crippen molar-refractivity contribution in [1.29, 1.82) is 0 Å². The van der Waals surface area contributed by atoms with Crippen LogP contribution in [0.4, 0.5) is 17.1 Å². The van der Waals surface area contributed by atoms with Gasteiger partial charge in [0.2, 0.25) is 0 Å². The Kier molecular flexibility index (Phi) is 9.31. The van der Waals surface area contributed by atoms with Crippen LogP contribution in [0.1, 0.15) is 103 Å². The van der Waals surface area contributed by atoms with Crippen molar-refractivity contribution in [2.45, 2.75) is 75.0 Å². The number of anilines is 3. The van der Waals surface area contributed by atoms with Crippen LogP contribution in [0, 0.1) is 23.7 Å². The van der Waals surface area contributed by atoms with Crippen LogP contribution >= 0.6 is 0 Å². The summed E-state index contributed by atoms with van der Waals surface area (Å²) in [5.74, 6) is 3.18. The van der Waals surface area contributed by atoms with Gasteiger partial charge in [0.25, 0.3) is 0 Å². The number of rotatable bonds is 6. The quantitative estimate of drug-likeness (QED) is 0.165. The second-order valence-corrected chi connectivity index (χ2v) is 24.5. The van der Waals surface area contributed by atoms with E-state index in [1.165, 1.54) is 121 Å². The standard InChI is InChI=1S/C76H61NO/c1-4-46-40-49-42-48-43-50(41-46)75(49)69-45-53(37-39-67(69)76(66-29-15-10-23-61(66)73(48)75)64-27-13-8-21-57(64)58-22-9-14-28-65(58)76)77(52-36-38-59-56-20-7-12-26-63(56)74(2,3)68(59)44-52)51-34-32-47(33-35-51)54-18-5-6-19-55(54)60-25-17-31-71-72(60)62-24-11-16-30-70(62)78-71/h5-39,44-46,48-50,73H,4,40-43H2,1-3H3/t46?,48?,49-,50+,73?,75?. The van der Waals surface area contributed by atoms with Gasteiger partial charge in [0.05, 0.1) is 5.41 Å². The summed E-state index contributed by atoms with van der Waals surface area (Å²) in [6.07, 6.45) is 6.58. The van der Waals surface area contributed by atoms with E-state index >= 15 is 0 Å². The van der Waals surface area contributed by atoms with Crippen molar-refractivity contribution in [2.75, 3.05) is 4.90 Å². The molecule has 0 radical (unpaired) electrons. The molecule has 0 amide bonds. The van der Waals surface area contributed by atoms with E-state index in [-0.39, 0.29) is 10.8 Å². The number of fused-ring (bicyclic) bond motifs is 15. The molecule has 6 aliphatic rings. The SMILES string of the molecule is CCC1C[C@@H]2CC3C[C@H](C1)C21c2cc(N(c4ccc(-c5ccccc5-c5cccc6oc7ccccc7c56)cc4)c4ccc5c(c4)C(C)(C)c4ccccc4-5)ccc2C2(c4ccccc4-c4ccccc42)c2ccccc2C31. The maximum Gasteiger partial charge on any atom is 0.136 e. The Hall–Kier alpha value is -8.20. The van der Waals surface area contributed by atoms with Gasteiger partial charge >= 0.3 is 0 Å². The number of furan rings is 1. The lowest BCUT2D eigenvalue weighted by Gasteiger charge is -2.51. The van der Waals surface area contributed by atoms with Gasteiger partial charge in [-0.3, -0.25) is 0 Å². The van der Waals surface area contributed by atoms with Crippen LogP contribution in [0.15, 0.2) is 229 Å². The Morgan fingerprint density at radius 2 is 0.962 bits per heavy atom. The molecule has 4 unspecified atom stereocenters. The maximum atomic E-state index is 6.43. The smallest absolute Gasteiger partial charge is 0.136 e. The molecule has 10 aromatic carbocycles. The second kappa shape index (κ2) is 16.2. The number of para-hydroxylation sites is 1. The third-order valence-corrected chi connectivity index (χ3v) is 21.0. The Labute approximate surface area is 458 Å². The van der Waals surface area contributed by atoms with Gasteiger partial charge in [-0.25, -0.2) is 0 Å². The first-order valence-corrected chi connectivity index (χ1v) is 29.0. The predicted octanol–water partition coefficient (Wildman–Crippen LogP) is 19.9. The molecular weight excluding hydrogens is 943 g/mol. The number of hydrogen-bond acceptors (Lipinski definition) is 2. The van der Waals surface area contributed by atoms with E-state index in [1.54, 1.807) is 11.1 Å². The minimum atomic E-state index is -0.453. The zero-order valence-corrected chi connectivity index (χ0v) is 44.6. The van der Waals surface area contributed by atoms with E-state index in [0.29, 0.717) is 23.7 Å². The van der Waals surface area contributed by atoms with Crippen LogP contribution in [-0.2, 0) is 16.2 Å². The van der Waals surface area contributed by atoms with E-state index in [1.807, 2.05) is 0 Å². The highest BCUT2D eigenvalue weighted by molar-refractivity contribution is 6.13. The molecule has 2 nitrogen and oxygen atoms in total. The molecule has 6 aliphatic carbocycles. The second-order valence-electron chi connectivity index (χ2n) is 24.5. The fourth-order valence-corrected chi connectivity index (χ4v) is 18.1. The van der Waals surface area contributed by atoms with Crippen molar-refractivity contribution in [2.24, 2.45) is 23.7 Å². The third kappa shape index (κ3) is 5.73. The van der Waals surface area contributed by atoms with E-state index in [9.17, 15) is 0 Å². The van der Waals surface area contributed by atoms with Crippen molar-refractivity contribution in [3.05, 3.63) is 269 Å². The number of benzene rings is 10. The van der Waals surface area contributed by atoms with Crippen LogP contribution in [0.3, 0.4) is 0 Å². The monoisotopic (exact) mass is 1000 g/mol. The van der Waals surface area contributed by atoms with Crippen LogP contribution in [0.2, 0.25) is 0 Å². The molecule has 3 saturated carbocycles. The number of hydrogen-bond donors (Lipinski definition) is 0. The lowest BCUT2D eigenvalue weighted by Crippen LogP contribution is -2.46. The van der Waals surface area contributed by atoms with Gasteiger partial charge in [0.15, 0.2) is 0 Å². The summed E-state index contributed by atoms with van der Waals surface area (Å²) in [6.45, 7) is 7.29. The first-order valence-electron chi connectivity index (χ1n) is 29.0. The average Bonchev–Trinajstić information content (AvgIpc) is 4.38. The van der Waals surface area contributed by atoms with Crippen molar-refractivity contribution in [3.63, 3.8) is 0 Å². The highest BCUT2D eigenvalue weighted by atomic mass is 16.3. The molecule has 17 rings (SSSR count). The summed E-state index contributed by atoms with van der Waals surface area (Å²) < 4.78 is 6.43. The molecule has 6 atom stereocenters. The van der Waals surface area contributed by atoms with Crippen LogP contribution in [-0.4, -0.2) is 0 Å². The first kappa shape index (κ1) is 44.9. The molecule has 2 bridgehead atoms. The largest absolute Gasteiger partial charge is 0.456 e. The number of nitrogens with zero attached hydrogens (tertiary/aromatic N) is 1. The molecule has 0 saturated heterocycles. The molecule has 78 heavy (non-hydrogen) atoms. The highest BCUT2D eigenvalue weighted by Crippen LogP contribution is 2.77. The van der Waals surface area contributed by atoms with Crippen molar-refractivity contribution >= 4 is 39.0 Å². The fraction of sp³-hybridized carbons (Fsp3) is 0.211. The van der Waals surface area contributed by atoms with Crippen molar-refractivity contribution in [1.82, 2.24) is 0 Å². The van der Waals surface area contributed by atoms with Gasteiger partial charge < -0.3 is 9.32 Å². The minimum Gasteiger partial charge on any atom is -0.456 e. The molecule has 1 heterocycles. The molecule has 0 N–H and O–H groups in total. The molecule has 0 aliphatic heterocycles. The predicted molar refractivity (Wildman–Crippen MR) is 321 cm³/mol. The van der Waals surface area contributed by atoms with Crippen LogP contribution in [0.5, 0.6) is 0 Å². The van der Waals surface area contributed by atoms with E-state index in [4.69, 9.17) is 4.42 Å². The summed E-state index contributed by atoms with van der Waals surface area (Å²) >= 11 is 0. The summed E-state index contributed by atoms with van der Waals surface area (Å²) in [5.41, 5.74) is 26.9. The lowest BCUT2D eigenvalue weighted by molar-refractivity contribution is 0.0740. The van der Waals surface area contributed by atoms with Crippen molar-refractivity contribution < 1.29 is 4.42 Å². The Balaban J connectivity index is 0.905. The average molecular weight is 1000 g/mol. The maximum absolute atomic E-state index is 6.43. The van der Waals surface area contributed by atoms with Gasteiger partial charge in [-0.15, -0.1) is 0 Å². The lowest BCUT2D eigenvalue weighted by atomic mass is 9.52. The third-order valence-electron chi connectivity index (χ3n) is 21.0. The first-order chi connectivity index (χ1) is 38.4. The Morgan fingerprint density at radius 1 is 0.423 bits per heavy atom. The fourth-order valence-electron chi connectivity index (χ4n) is 18.1. The van der Waals surface area contributed by atoms with E-state index in [2.05, 4.69) is 250 Å². The van der Waals surface area contributed by atoms with Gasteiger partial charge in [-0.05, 0) is 193 Å². The van der Waals surface area contributed by atoms with Gasteiger partial charge in [0.1, 0.15) is 11.2 Å². The zero-order chi connectivity index (χ0) is 51.6. The minimum absolute atomic E-state index is 0.0255. The molecular formula is C76H61NO. The Bertz CT molecular complexity index is 4240. The molecule has 376 valence electrons. The molecule has 2 spiro atoms. The van der Waals surface area contributed by atoms with Gasteiger partial charge in [-0.1, -0.05) is 203 Å².